The maximum absolute atomic E-state index is 13.0. The average Bonchev–Trinajstić information content (AvgIpc) is 3.09. The van der Waals surface area contributed by atoms with Crippen molar-refractivity contribution in [3.8, 4) is 22.4 Å². The Morgan fingerprint density at radius 3 is 2.29 bits per heavy atom. The van der Waals surface area contributed by atoms with Gasteiger partial charge in [-0.05, 0) is 29.8 Å². The van der Waals surface area contributed by atoms with Crippen molar-refractivity contribution in [2.45, 2.75) is 31.1 Å². The number of aromatic amines is 1. The Hall–Kier alpha value is -2.90. The highest BCUT2D eigenvalue weighted by molar-refractivity contribution is 7.90. The molecule has 31 heavy (non-hydrogen) atoms. The molecule has 0 aliphatic carbocycles. The van der Waals surface area contributed by atoms with Crippen molar-refractivity contribution >= 4 is 27.1 Å². The molecular weight excluding hydrogens is 434 g/mol. The Bertz CT molecular complexity index is 1460. The minimum atomic E-state index is -3.39. The van der Waals surface area contributed by atoms with Crippen LogP contribution in [0.1, 0.15) is 26.5 Å². The van der Waals surface area contributed by atoms with Crippen LogP contribution in [0.5, 0.6) is 0 Å². The minimum Gasteiger partial charge on any atom is -0.292 e. The van der Waals surface area contributed by atoms with Crippen LogP contribution in [0.25, 0.3) is 28.0 Å². The predicted molar refractivity (Wildman–Crippen MR) is 124 cm³/mol. The van der Waals surface area contributed by atoms with E-state index in [2.05, 4.69) is 25.9 Å². The van der Waals surface area contributed by atoms with E-state index in [1.165, 1.54) is 22.7 Å². The molecule has 6 nitrogen and oxygen atoms in total. The number of sulfone groups is 1. The van der Waals surface area contributed by atoms with E-state index in [9.17, 15) is 13.2 Å². The molecule has 0 fully saturated rings. The first-order chi connectivity index (χ1) is 14.4. The quantitative estimate of drug-likeness (QED) is 0.484. The van der Waals surface area contributed by atoms with Gasteiger partial charge in [0.05, 0.1) is 10.6 Å². The summed E-state index contributed by atoms with van der Waals surface area (Å²) in [6.45, 7) is 6.16. The molecule has 0 spiro atoms. The van der Waals surface area contributed by atoms with Crippen LogP contribution in [-0.2, 0) is 15.3 Å². The van der Waals surface area contributed by atoms with Gasteiger partial charge in [-0.2, -0.15) is 0 Å². The van der Waals surface area contributed by atoms with Crippen molar-refractivity contribution < 1.29 is 8.42 Å². The molecule has 0 aliphatic rings. The van der Waals surface area contributed by atoms with Crippen LogP contribution in [0.15, 0.2) is 64.3 Å². The molecule has 8 heteroatoms. The van der Waals surface area contributed by atoms with Gasteiger partial charge in [0.15, 0.2) is 15.5 Å². The molecule has 4 rings (SSSR count). The number of rotatable bonds is 3. The van der Waals surface area contributed by atoms with Crippen molar-refractivity contribution in [2.24, 2.45) is 0 Å². The van der Waals surface area contributed by atoms with Crippen LogP contribution in [0.3, 0.4) is 0 Å². The van der Waals surface area contributed by atoms with Gasteiger partial charge in [0.1, 0.15) is 0 Å². The Morgan fingerprint density at radius 1 is 1.00 bits per heavy atom. The van der Waals surface area contributed by atoms with E-state index in [1.807, 2.05) is 12.1 Å². The molecule has 4 aromatic rings. The summed E-state index contributed by atoms with van der Waals surface area (Å²) in [5, 5.41) is 3.83. The van der Waals surface area contributed by atoms with E-state index >= 15 is 0 Å². The molecule has 2 aromatic carbocycles. The van der Waals surface area contributed by atoms with E-state index in [0.717, 1.165) is 23.1 Å². The lowest BCUT2D eigenvalue weighted by Gasteiger charge is -2.18. The maximum Gasteiger partial charge on any atom is 0.273 e. The summed E-state index contributed by atoms with van der Waals surface area (Å²) in [6.07, 6.45) is 1.15. The first-order valence-electron chi connectivity index (χ1n) is 9.68. The highest BCUT2D eigenvalue weighted by Gasteiger charge is 2.26. The van der Waals surface area contributed by atoms with Gasteiger partial charge in [0.2, 0.25) is 0 Å². The summed E-state index contributed by atoms with van der Waals surface area (Å²) < 4.78 is 25.4. The first-order valence-corrected chi connectivity index (χ1v) is 11.9. The van der Waals surface area contributed by atoms with Crippen molar-refractivity contribution in [3.63, 3.8) is 0 Å². The third-order valence-electron chi connectivity index (χ3n) is 5.06. The maximum atomic E-state index is 13.0. The van der Waals surface area contributed by atoms with Crippen molar-refractivity contribution in [1.82, 2.24) is 14.6 Å². The van der Waals surface area contributed by atoms with Crippen LogP contribution in [0.2, 0.25) is 5.02 Å². The molecule has 0 aliphatic heterocycles. The number of benzene rings is 2. The summed E-state index contributed by atoms with van der Waals surface area (Å²) in [5.74, 6) is 0. The van der Waals surface area contributed by atoms with Crippen LogP contribution < -0.4 is 5.56 Å². The van der Waals surface area contributed by atoms with E-state index in [4.69, 9.17) is 16.6 Å². The van der Waals surface area contributed by atoms with Gasteiger partial charge in [-0.15, -0.1) is 0 Å². The Kier molecular flexibility index (Phi) is 5.06. The normalized spacial score (nSPS) is 12.4. The second-order valence-electron chi connectivity index (χ2n) is 8.56. The molecule has 0 unspecified atom stereocenters. The van der Waals surface area contributed by atoms with Crippen molar-refractivity contribution in [2.75, 3.05) is 6.26 Å². The fraction of sp³-hybridized carbons (Fsp3) is 0.217. The van der Waals surface area contributed by atoms with Crippen molar-refractivity contribution in [3.05, 3.63) is 75.7 Å². The van der Waals surface area contributed by atoms with Gasteiger partial charge in [-0.3, -0.25) is 9.89 Å². The van der Waals surface area contributed by atoms with Crippen molar-refractivity contribution in [1.29, 1.82) is 0 Å². The zero-order chi connectivity index (χ0) is 22.6. The van der Waals surface area contributed by atoms with Gasteiger partial charge in [0.25, 0.3) is 5.56 Å². The topological polar surface area (TPSA) is 84.3 Å². The summed E-state index contributed by atoms with van der Waals surface area (Å²) in [4.78, 5) is 17.9. The Balaban J connectivity index is 2.04. The zero-order valence-corrected chi connectivity index (χ0v) is 19.2. The number of halogens is 1. The molecule has 2 aromatic heterocycles. The molecule has 0 radical (unpaired) electrons. The third kappa shape index (κ3) is 4.03. The standard InChI is InChI=1S/C23H22ClN3O3S/c1-23(2,3)21-20(14-8-10-16(24)11-9-14)22-25-18(13-19(28)27(22)26-21)15-6-5-7-17(12-15)31(4,29)30/h5-13,26H,1-4H3. The molecular formula is C23H22ClN3O3S. The first kappa shape index (κ1) is 21.3. The number of fused-ring (bicyclic) bond motifs is 1. The van der Waals surface area contributed by atoms with Crippen LogP contribution in [0, 0.1) is 0 Å². The van der Waals surface area contributed by atoms with Crippen LogP contribution in [-0.4, -0.2) is 29.3 Å². The van der Waals surface area contributed by atoms with Gasteiger partial charge in [-0.1, -0.05) is 56.6 Å². The van der Waals surface area contributed by atoms with Gasteiger partial charge in [-0.25, -0.2) is 17.9 Å². The summed E-state index contributed by atoms with van der Waals surface area (Å²) in [5.41, 5.74) is 3.42. The lowest BCUT2D eigenvalue weighted by molar-refractivity contribution is 0.563. The second-order valence-corrected chi connectivity index (χ2v) is 11.0. The number of H-pyrrole nitrogens is 1. The molecule has 1 N–H and O–H groups in total. The Morgan fingerprint density at radius 2 is 1.68 bits per heavy atom. The molecule has 2 heterocycles. The monoisotopic (exact) mass is 455 g/mol. The number of nitrogens with zero attached hydrogens (tertiary/aromatic N) is 2. The molecule has 0 saturated carbocycles. The molecule has 0 bridgehead atoms. The molecule has 0 saturated heterocycles. The summed E-state index contributed by atoms with van der Waals surface area (Å²) in [6, 6.07) is 15.2. The van der Waals surface area contributed by atoms with E-state index in [1.54, 1.807) is 24.3 Å². The van der Waals surface area contributed by atoms with Gasteiger partial charge >= 0.3 is 0 Å². The number of aromatic nitrogens is 3. The fourth-order valence-corrected chi connectivity index (χ4v) is 4.30. The van der Waals surface area contributed by atoms with E-state index < -0.39 is 9.84 Å². The average molecular weight is 456 g/mol. The van der Waals surface area contributed by atoms with Gasteiger partial charge < -0.3 is 0 Å². The van der Waals surface area contributed by atoms with Crippen LogP contribution in [0.4, 0.5) is 0 Å². The lowest BCUT2D eigenvalue weighted by Crippen LogP contribution is -2.17. The van der Waals surface area contributed by atoms with E-state index in [-0.39, 0.29) is 15.9 Å². The molecule has 160 valence electrons. The second kappa shape index (κ2) is 7.35. The Labute approximate surface area is 185 Å². The van der Waals surface area contributed by atoms with E-state index in [0.29, 0.717) is 21.9 Å². The molecule has 0 atom stereocenters. The number of nitrogens with one attached hydrogen (secondary N) is 1. The predicted octanol–water partition coefficient (Wildman–Crippen LogP) is 4.71. The number of hydrogen-bond acceptors (Lipinski definition) is 4. The van der Waals surface area contributed by atoms with Crippen LogP contribution >= 0.6 is 11.6 Å². The minimum absolute atomic E-state index is 0.175. The number of hydrogen-bond donors (Lipinski definition) is 1. The fourth-order valence-electron chi connectivity index (χ4n) is 3.50. The zero-order valence-electron chi connectivity index (χ0n) is 17.6. The summed E-state index contributed by atoms with van der Waals surface area (Å²) >= 11 is 6.08. The highest BCUT2D eigenvalue weighted by atomic mass is 35.5. The smallest absolute Gasteiger partial charge is 0.273 e. The largest absolute Gasteiger partial charge is 0.292 e. The SMILES string of the molecule is CC(C)(C)c1[nH]n2c(=O)cc(-c3cccc(S(C)(=O)=O)c3)nc2c1-c1ccc(Cl)cc1. The summed E-state index contributed by atoms with van der Waals surface area (Å²) in [7, 11) is -3.39. The highest BCUT2D eigenvalue weighted by Crippen LogP contribution is 2.35. The molecule has 0 amide bonds. The lowest BCUT2D eigenvalue weighted by atomic mass is 9.87. The third-order valence-corrected chi connectivity index (χ3v) is 6.42. The van der Waals surface area contributed by atoms with Gasteiger partial charge in [0, 0.05) is 39.6 Å².